The summed E-state index contributed by atoms with van der Waals surface area (Å²) in [4.78, 5) is 16.3. The first-order valence-electron chi connectivity index (χ1n) is 11.5. The Morgan fingerprint density at radius 3 is 2.12 bits per heavy atom. The summed E-state index contributed by atoms with van der Waals surface area (Å²) >= 11 is 1.81. The molecule has 1 heterocycles. The lowest BCUT2D eigenvalue weighted by Gasteiger charge is -2.26. The molecule has 1 aliphatic heterocycles. The number of piperidine rings is 1. The van der Waals surface area contributed by atoms with Gasteiger partial charge in [0.15, 0.2) is 0 Å². The van der Waals surface area contributed by atoms with Crippen LogP contribution in [0.4, 0.5) is 0 Å². The molecule has 1 aliphatic rings. The maximum atomic E-state index is 12.5. The molecule has 0 aliphatic carbocycles. The molecule has 0 unspecified atom stereocenters. The van der Waals surface area contributed by atoms with E-state index in [1.165, 1.54) is 53.9 Å². The van der Waals surface area contributed by atoms with E-state index in [1.807, 2.05) is 36.0 Å². The molecule has 0 spiro atoms. The summed E-state index contributed by atoms with van der Waals surface area (Å²) in [5, 5.41) is 3.04. The minimum atomic E-state index is -0.0277. The molecule has 1 fully saturated rings. The smallest absolute Gasteiger partial charge is 0.251 e. The Hall–Kier alpha value is -2.56. The minimum Gasteiger partial charge on any atom is -0.348 e. The first kappa shape index (κ1) is 22.6. The molecule has 1 saturated heterocycles. The number of thioether (sulfide) groups is 1. The maximum Gasteiger partial charge on any atom is 0.251 e. The van der Waals surface area contributed by atoms with Gasteiger partial charge < -0.3 is 5.32 Å². The Labute approximate surface area is 196 Å². The summed E-state index contributed by atoms with van der Waals surface area (Å²) in [5.41, 5.74) is 5.68. The van der Waals surface area contributed by atoms with Crippen molar-refractivity contribution in [3.63, 3.8) is 0 Å². The number of benzene rings is 3. The topological polar surface area (TPSA) is 32.3 Å². The van der Waals surface area contributed by atoms with E-state index >= 15 is 0 Å². The Morgan fingerprint density at radius 1 is 0.812 bits per heavy atom. The van der Waals surface area contributed by atoms with Gasteiger partial charge in [-0.3, -0.25) is 9.69 Å². The zero-order chi connectivity index (χ0) is 22.2. The van der Waals surface area contributed by atoms with E-state index in [0.717, 1.165) is 17.9 Å². The molecule has 3 aromatic rings. The zero-order valence-electron chi connectivity index (χ0n) is 18.8. The number of hydrogen-bond acceptors (Lipinski definition) is 3. The predicted octanol–water partition coefficient (Wildman–Crippen LogP) is 6.20. The van der Waals surface area contributed by atoms with Crippen LogP contribution in [0.2, 0.25) is 0 Å². The lowest BCUT2D eigenvalue weighted by molar-refractivity contribution is 0.0951. The van der Waals surface area contributed by atoms with Crippen LogP contribution in [0.25, 0.3) is 0 Å². The van der Waals surface area contributed by atoms with Crippen LogP contribution in [-0.2, 0) is 18.8 Å². The number of carbonyl (C=O) groups is 1. The molecule has 0 aromatic heterocycles. The van der Waals surface area contributed by atoms with E-state index in [0.29, 0.717) is 12.1 Å². The second-order valence-electron chi connectivity index (χ2n) is 8.63. The van der Waals surface area contributed by atoms with Gasteiger partial charge in [0, 0.05) is 29.3 Å². The van der Waals surface area contributed by atoms with Crippen LogP contribution in [0.3, 0.4) is 0 Å². The largest absolute Gasteiger partial charge is 0.348 e. The van der Waals surface area contributed by atoms with Crippen molar-refractivity contribution >= 4 is 17.7 Å². The maximum absolute atomic E-state index is 12.5. The van der Waals surface area contributed by atoms with Crippen LogP contribution in [0, 0.1) is 6.92 Å². The van der Waals surface area contributed by atoms with Crippen molar-refractivity contribution in [2.24, 2.45) is 0 Å². The second kappa shape index (κ2) is 11.3. The van der Waals surface area contributed by atoms with Gasteiger partial charge in [0.1, 0.15) is 0 Å². The second-order valence-corrected chi connectivity index (χ2v) is 9.68. The van der Waals surface area contributed by atoms with Crippen molar-refractivity contribution in [1.82, 2.24) is 10.2 Å². The fourth-order valence-electron chi connectivity index (χ4n) is 3.98. The summed E-state index contributed by atoms with van der Waals surface area (Å²) in [6.07, 6.45) is 4.00. The fraction of sp³-hybridized carbons (Fsp3) is 0.321. The van der Waals surface area contributed by atoms with Crippen LogP contribution in [-0.4, -0.2) is 23.9 Å². The van der Waals surface area contributed by atoms with E-state index in [9.17, 15) is 4.79 Å². The lowest BCUT2D eigenvalue weighted by Crippen LogP contribution is -2.29. The zero-order valence-corrected chi connectivity index (χ0v) is 19.7. The number of rotatable bonds is 8. The lowest BCUT2D eigenvalue weighted by atomic mass is 10.1. The van der Waals surface area contributed by atoms with Gasteiger partial charge in [-0.15, -0.1) is 11.8 Å². The summed E-state index contributed by atoms with van der Waals surface area (Å²) < 4.78 is 0. The molecule has 0 bridgehead atoms. The predicted molar refractivity (Wildman–Crippen MR) is 134 cm³/mol. The first-order chi connectivity index (χ1) is 15.7. The molecule has 0 atom stereocenters. The van der Waals surface area contributed by atoms with Crippen LogP contribution >= 0.6 is 11.8 Å². The van der Waals surface area contributed by atoms with Crippen LogP contribution in [0.15, 0.2) is 77.7 Å². The molecule has 1 N–H and O–H groups in total. The first-order valence-corrected chi connectivity index (χ1v) is 12.5. The Balaban J connectivity index is 1.23. The van der Waals surface area contributed by atoms with Gasteiger partial charge in [-0.1, -0.05) is 60.5 Å². The molecular formula is C28H32N2OS. The molecule has 4 heteroatoms. The standard InChI is InChI=1S/C28H32N2OS/c1-22-5-15-27(16-6-22)32-21-25-11-13-26(14-12-25)28(31)29-19-23-7-9-24(10-8-23)20-30-17-3-2-4-18-30/h5-16H,2-4,17-21H2,1H3,(H,29,31). The summed E-state index contributed by atoms with van der Waals surface area (Å²) in [5.74, 6) is 0.870. The van der Waals surface area contributed by atoms with E-state index in [-0.39, 0.29) is 5.91 Å². The van der Waals surface area contributed by atoms with Crippen molar-refractivity contribution in [2.45, 2.75) is 49.9 Å². The van der Waals surface area contributed by atoms with E-state index in [4.69, 9.17) is 0 Å². The normalized spacial score (nSPS) is 14.3. The summed E-state index contributed by atoms with van der Waals surface area (Å²) in [6.45, 7) is 6.10. The van der Waals surface area contributed by atoms with Gasteiger partial charge in [-0.2, -0.15) is 0 Å². The van der Waals surface area contributed by atoms with Crippen LogP contribution in [0.1, 0.15) is 51.9 Å². The third kappa shape index (κ3) is 6.72. The average Bonchev–Trinajstić information content (AvgIpc) is 2.84. The third-order valence-electron chi connectivity index (χ3n) is 5.97. The van der Waals surface area contributed by atoms with Gasteiger partial charge in [0.05, 0.1) is 0 Å². The van der Waals surface area contributed by atoms with Gasteiger partial charge in [-0.25, -0.2) is 0 Å². The number of nitrogens with one attached hydrogen (secondary N) is 1. The fourth-order valence-corrected chi connectivity index (χ4v) is 4.83. The number of amides is 1. The van der Waals surface area contributed by atoms with E-state index < -0.39 is 0 Å². The summed E-state index contributed by atoms with van der Waals surface area (Å²) in [6, 6.07) is 25.2. The highest BCUT2D eigenvalue weighted by molar-refractivity contribution is 7.98. The Bertz CT molecular complexity index is 991. The average molecular weight is 445 g/mol. The molecular weight excluding hydrogens is 412 g/mol. The quantitative estimate of drug-likeness (QED) is 0.420. The SMILES string of the molecule is Cc1ccc(SCc2ccc(C(=O)NCc3ccc(CN4CCCCC4)cc3)cc2)cc1. The molecule has 32 heavy (non-hydrogen) atoms. The Kier molecular flexibility index (Phi) is 8.02. The van der Waals surface area contributed by atoms with Gasteiger partial charge in [-0.05, 0) is 73.8 Å². The van der Waals surface area contributed by atoms with Gasteiger partial charge >= 0.3 is 0 Å². The minimum absolute atomic E-state index is 0.0277. The highest BCUT2D eigenvalue weighted by atomic mass is 32.2. The van der Waals surface area contributed by atoms with Crippen LogP contribution < -0.4 is 5.32 Å². The monoisotopic (exact) mass is 444 g/mol. The van der Waals surface area contributed by atoms with Crippen LogP contribution in [0.5, 0.6) is 0 Å². The van der Waals surface area contributed by atoms with Crippen molar-refractivity contribution in [2.75, 3.05) is 13.1 Å². The van der Waals surface area contributed by atoms with Crippen molar-refractivity contribution in [3.05, 3.63) is 101 Å². The number of nitrogens with zero attached hydrogens (tertiary/aromatic N) is 1. The molecule has 1 amide bonds. The van der Waals surface area contributed by atoms with Crippen molar-refractivity contribution in [1.29, 1.82) is 0 Å². The van der Waals surface area contributed by atoms with Crippen molar-refractivity contribution < 1.29 is 4.79 Å². The van der Waals surface area contributed by atoms with Crippen molar-refractivity contribution in [3.8, 4) is 0 Å². The highest BCUT2D eigenvalue weighted by Gasteiger charge is 2.10. The molecule has 4 rings (SSSR count). The number of hydrogen-bond donors (Lipinski definition) is 1. The van der Waals surface area contributed by atoms with E-state index in [2.05, 4.69) is 65.7 Å². The molecule has 166 valence electrons. The third-order valence-corrected chi connectivity index (χ3v) is 7.06. The molecule has 3 nitrogen and oxygen atoms in total. The molecule has 0 saturated carbocycles. The Morgan fingerprint density at radius 2 is 1.44 bits per heavy atom. The summed E-state index contributed by atoms with van der Waals surface area (Å²) in [7, 11) is 0. The molecule has 3 aromatic carbocycles. The van der Waals surface area contributed by atoms with Gasteiger partial charge in [0.25, 0.3) is 5.91 Å². The number of likely N-dealkylation sites (tertiary alicyclic amines) is 1. The molecule has 0 radical (unpaired) electrons. The van der Waals surface area contributed by atoms with Gasteiger partial charge in [0.2, 0.25) is 0 Å². The number of carbonyl (C=O) groups excluding carboxylic acids is 1. The van der Waals surface area contributed by atoms with E-state index in [1.54, 1.807) is 0 Å². The number of aryl methyl sites for hydroxylation is 1. The highest BCUT2D eigenvalue weighted by Crippen LogP contribution is 2.23.